The summed E-state index contributed by atoms with van der Waals surface area (Å²) >= 11 is 15.7. The first-order valence-electron chi connectivity index (χ1n) is 11.8. The SMILES string of the molecule is Cc1ccc(S(=O)(=O)N(CC(=O)N/N=C\c2cc(C)n(-c3cc(Cl)cc(Cl)c3)c2C)c2ccc(Br)cc2)cc1. The van der Waals surface area contributed by atoms with E-state index in [1.54, 1.807) is 54.6 Å². The summed E-state index contributed by atoms with van der Waals surface area (Å²) in [5, 5.41) is 5.13. The Morgan fingerprint density at radius 2 is 1.59 bits per heavy atom. The number of halogens is 3. The molecule has 4 rings (SSSR count). The van der Waals surface area contributed by atoms with Gasteiger partial charge in [0, 0.05) is 37.2 Å². The Kier molecular flexibility index (Phi) is 8.86. The van der Waals surface area contributed by atoms with E-state index in [-0.39, 0.29) is 4.90 Å². The molecule has 0 aliphatic rings. The van der Waals surface area contributed by atoms with Gasteiger partial charge in [-0.05, 0) is 81.4 Å². The van der Waals surface area contributed by atoms with E-state index in [2.05, 4.69) is 26.5 Å². The molecule has 39 heavy (non-hydrogen) atoms. The average Bonchev–Trinajstić information content (AvgIpc) is 3.15. The van der Waals surface area contributed by atoms with Crippen molar-refractivity contribution < 1.29 is 13.2 Å². The number of benzene rings is 3. The second-order valence-corrected chi connectivity index (χ2v) is 12.5. The lowest BCUT2D eigenvalue weighted by Crippen LogP contribution is -2.39. The second kappa shape index (κ2) is 12.0. The molecule has 1 amide bonds. The van der Waals surface area contributed by atoms with Crippen LogP contribution in [0.3, 0.4) is 0 Å². The van der Waals surface area contributed by atoms with Gasteiger partial charge in [0.15, 0.2) is 0 Å². The molecule has 7 nitrogen and oxygen atoms in total. The molecule has 1 N–H and O–H groups in total. The summed E-state index contributed by atoms with van der Waals surface area (Å²) in [5.41, 5.74) is 7.08. The van der Waals surface area contributed by atoms with E-state index in [0.717, 1.165) is 37.0 Å². The van der Waals surface area contributed by atoms with Gasteiger partial charge in [0.1, 0.15) is 6.54 Å². The molecule has 0 saturated carbocycles. The maximum Gasteiger partial charge on any atom is 0.264 e. The van der Waals surface area contributed by atoms with E-state index in [1.807, 2.05) is 31.4 Å². The quantitative estimate of drug-likeness (QED) is 0.168. The van der Waals surface area contributed by atoms with Crippen molar-refractivity contribution in [2.45, 2.75) is 25.7 Å². The number of hydrogen-bond acceptors (Lipinski definition) is 4. The Balaban J connectivity index is 1.56. The fraction of sp³-hybridized carbons (Fsp3) is 0.143. The zero-order valence-corrected chi connectivity index (χ0v) is 25.2. The summed E-state index contributed by atoms with van der Waals surface area (Å²) in [6, 6.07) is 20.3. The second-order valence-electron chi connectivity index (χ2n) is 8.88. The van der Waals surface area contributed by atoms with E-state index in [0.29, 0.717) is 15.7 Å². The Labute approximate surface area is 246 Å². The number of aryl methyl sites for hydroxylation is 2. The predicted molar refractivity (Wildman–Crippen MR) is 161 cm³/mol. The van der Waals surface area contributed by atoms with Gasteiger partial charge in [-0.1, -0.05) is 56.8 Å². The van der Waals surface area contributed by atoms with Gasteiger partial charge >= 0.3 is 0 Å². The van der Waals surface area contributed by atoms with Crippen LogP contribution in [0.15, 0.2) is 87.3 Å². The minimum Gasteiger partial charge on any atom is -0.318 e. The number of hydrogen-bond donors (Lipinski definition) is 1. The molecule has 0 saturated heterocycles. The summed E-state index contributed by atoms with van der Waals surface area (Å²) in [5.74, 6) is -0.597. The lowest BCUT2D eigenvalue weighted by molar-refractivity contribution is -0.119. The molecule has 0 fully saturated rings. The summed E-state index contributed by atoms with van der Waals surface area (Å²) in [7, 11) is -4.02. The number of amides is 1. The van der Waals surface area contributed by atoms with Crippen molar-refractivity contribution in [1.82, 2.24) is 9.99 Å². The molecule has 11 heteroatoms. The molecular weight excluding hydrogens is 623 g/mol. The normalized spacial score (nSPS) is 11.6. The van der Waals surface area contributed by atoms with Crippen LogP contribution in [-0.4, -0.2) is 31.7 Å². The van der Waals surface area contributed by atoms with Crippen molar-refractivity contribution in [3.8, 4) is 5.69 Å². The predicted octanol–water partition coefficient (Wildman–Crippen LogP) is 6.82. The van der Waals surface area contributed by atoms with E-state index in [1.165, 1.54) is 18.3 Å². The number of aromatic nitrogens is 1. The van der Waals surface area contributed by atoms with Gasteiger partial charge < -0.3 is 4.57 Å². The fourth-order valence-electron chi connectivity index (χ4n) is 4.08. The van der Waals surface area contributed by atoms with Crippen molar-refractivity contribution in [1.29, 1.82) is 0 Å². The Morgan fingerprint density at radius 1 is 0.974 bits per heavy atom. The van der Waals surface area contributed by atoms with Gasteiger partial charge in [-0.2, -0.15) is 5.10 Å². The van der Waals surface area contributed by atoms with Gasteiger partial charge in [-0.25, -0.2) is 13.8 Å². The Bertz CT molecular complexity index is 1630. The third-order valence-corrected chi connectivity index (χ3v) is 8.73. The molecule has 0 spiro atoms. The summed E-state index contributed by atoms with van der Waals surface area (Å²) in [4.78, 5) is 13.0. The number of nitrogens with zero attached hydrogens (tertiary/aromatic N) is 3. The molecule has 0 radical (unpaired) electrons. The smallest absolute Gasteiger partial charge is 0.264 e. The molecule has 4 aromatic rings. The zero-order chi connectivity index (χ0) is 28.3. The van der Waals surface area contributed by atoms with Gasteiger partial charge in [0.25, 0.3) is 15.9 Å². The van der Waals surface area contributed by atoms with Crippen molar-refractivity contribution >= 4 is 67.0 Å². The first kappa shape index (κ1) is 28.9. The van der Waals surface area contributed by atoms with Gasteiger partial charge in [0.2, 0.25) is 0 Å². The third kappa shape index (κ3) is 6.73. The van der Waals surface area contributed by atoms with Gasteiger partial charge in [-0.15, -0.1) is 0 Å². The lowest BCUT2D eigenvalue weighted by Gasteiger charge is -2.23. The number of carbonyl (C=O) groups is 1. The van der Waals surface area contributed by atoms with Crippen molar-refractivity contribution in [3.05, 3.63) is 110 Å². The highest BCUT2D eigenvalue weighted by Gasteiger charge is 2.27. The van der Waals surface area contributed by atoms with Crippen LogP contribution >= 0.6 is 39.1 Å². The highest BCUT2D eigenvalue weighted by atomic mass is 79.9. The lowest BCUT2D eigenvalue weighted by atomic mass is 10.2. The minimum atomic E-state index is -4.02. The molecule has 0 bridgehead atoms. The number of hydrazone groups is 1. The van der Waals surface area contributed by atoms with E-state index in [9.17, 15) is 13.2 Å². The standard InChI is InChI=1S/C28H25BrCl2N4O3S/c1-18-4-10-27(11-5-18)39(37,38)34(25-8-6-22(29)7-9-25)17-28(36)33-32-16-21-12-19(2)35(20(21)3)26-14-23(30)13-24(31)15-26/h4-16H,17H2,1-3H3,(H,33,36)/b32-16-. The highest BCUT2D eigenvalue weighted by Crippen LogP contribution is 2.27. The van der Waals surface area contributed by atoms with Crippen LogP contribution in [-0.2, 0) is 14.8 Å². The molecule has 0 aliphatic carbocycles. The monoisotopic (exact) mass is 646 g/mol. The van der Waals surface area contributed by atoms with Crippen LogP contribution in [0, 0.1) is 20.8 Å². The largest absolute Gasteiger partial charge is 0.318 e. The highest BCUT2D eigenvalue weighted by molar-refractivity contribution is 9.10. The van der Waals surface area contributed by atoms with Gasteiger partial charge in [0.05, 0.1) is 16.8 Å². The molecule has 0 unspecified atom stereocenters. The zero-order valence-electron chi connectivity index (χ0n) is 21.3. The number of sulfonamides is 1. The first-order chi connectivity index (χ1) is 18.5. The number of carbonyl (C=O) groups excluding carboxylic acids is 1. The molecule has 1 heterocycles. The number of nitrogens with one attached hydrogen (secondary N) is 1. The third-order valence-electron chi connectivity index (χ3n) is 5.98. The molecular formula is C28H25BrCl2N4O3S. The maximum absolute atomic E-state index is 13.5. The maximum atomic E-state index is 13.5. The first-order valence-corrected chi connectivity index (χ1v) is 14.8. The Morgan fingerprint density at radius 3 is 2.21 bits per heavy atom. The van der Waals surface area contributed by atoms with Crippen molar-refractivity contribution in [2.24, 2.45) is 5.10 Å². The molecule has 202 valence electrons. The number of anilines is 1. The number of rotatable bonds is 8. The van der Waals surface area contributed by atoms with Crippen LogP contribution < -0.4 is 9.73 Å². The van der Waals surface area contributed by atoms with Crippen LogP contribution in [0.5, 0.6) is 0 Å². The summed E-state index contributed by atoms with van der Waals surface area (Å²) in [6.45, 7) is 5.25. The topological polar surface area (TPSA) is 83.8 Å². The molecule has 3 aromatic carbocycles. The molecule has 1 aromatic heterocycles. The van der Waals surface area contributed by atoms with Crippen molar-refractivity contribution in [3.63, 3.8) is 0 Å². The average molecular weight is 648 g/mol. The van der Waals surface area contributed by atoms with Crippen LogP contribution in [0.2, 0.25) is 10.0 Å². The van der Waals surface area contributed by atoms with Gasteiger partial charge in [-0.3, -0.25) is 9.10 Å². The fourth-order valence-corrected chi connectivity index (χ4v) is 6.28. The van der Waals surface area contributed by atoms with E-state index < -0.39 is 22.5 Å². The Hall–Kier alpha value is -3.11. The van der Waals surface area contributed by atoms with Crippen LogP contribution in [0.25, 0.3) is 5.69 Å². The molecule has 0 aliphatic heterocycles. The van der Waals surface area contributed by atoms with Crippen LogP contribution in [0.1, 0.15) is 22.5 Å². The summed E-state index contributed by atoms with van der Waals surface area (Å²) in [6.07, 6.45) is 1.52. The van der Waals surface area contributed by atoms with E-state index in [4.69, 9.17) is 23.2 Å². The van der Waals surface area contributed by atoms with E-state index >= 15 is 0 Å². The minimum absolute atomic E-state index is 0.0841. The van der Waals surface area contributed by atoms with Crippen LogP contribution in [0.4, 0.5) is 5.69 Å². The summed E-state index contributed by atoms with van der Waals surface area (Å²) < 4.78 is 30.8. The van der Waals surface area contributed by atoms with Crippen molar-refractivity contribution in [2.75, 3.05) is 10.8 Å². The molecule has 0 atom stereocenters.